The predicted octanol–water partition coefficient (Wildman–Crippen LogP) is 5.87. The Bertz CT molecular complexity index is 687. The number of halogens is 4. The van der Waals surface area contributed by atoms with Gasteiger partial charge in [0.25, 0.3) is 0 Å². The van der Waals surface area contributed by atoms with E-state index in [1.54, 1.807) is 24.3 Å². The Kier molecular flexibility index (Phi) is 6.04. The summed E-state index contributed by atoms with van der Waals surface area (Å²) in [6.45, 7) is 4.08. The normalized spacial score (nSPS) is 11.8. The number of hydrogen-bond acceptors (Lipinski definition) is 3. The van der Waals surface area contributed by atoms with Crippen LogP contribution in [0.3, 0.4) is 0 Å². The van der Waals surface area contributed by atoms with Crippen LogP contribution in [0.2, 0.25) is 5.02 Å². The molecule has 0 amide bonds. The lowest BCUT2D eigenvalue weighted by Crippen LogP contribution is -2.14. The van der Waals surface area contributed by atoms with Crippen molar-refractivity contribution >= 4 is 23.2 Å². The van der Waals surface area contributed by atoms with Crippen LogP contribution in [-0.2, 0) is 12.6 Å². The number of nitrogens with zero attached hydrogens (tertiary/aromatic N) is 2. The van der Waals surface area contributed by atoms with Gasteiger partial charge in [-0.15, -0.1) is 0 Å². The minimum atomic E-state index is -4.51. The van der Waals surface area contributed by atoms with Gasteiger partial charge in [-0.2, -0.15) is 13.2 Å². The molecule has 3 nitrogen and oxygen atoms in total. The minimum Gasteiger partial charge on any atom is -0.324 e. The number of benzene rings is 1. The highest BCUT2D eigenvalue weighted by Gasteiger charge is 2.35. The van der Waals surface area contributed by atoms with E-state index in [1.807, 2.05) is 13.8 Å². The van der Waals surface area contributed by atoms with E-state index in [1.165, 1.54) is 6.20 Å². The third-order valence-corrected chi connectivity index (χ3v) is 3.68. The molecule has 1 N–H and O–H groups in total. The van der Waals surface area contributed by atoms with Gasteiger partial charge < -0.3 is 5.32 Å². The van der Waals surface area contributed by atoms with Crippen LogP contribution < -0.4 is 5.32 Å². The molecule has 0 aliphatic carbocycles. The van der Waals surface area contributed by atoms with E-state index >= 15 is 0 Å². The molecule has 0 atom stereocenters. The van der Waals surface area contributed by atoms with Crippen molar-refractivity contribution in [2.24, 2.45) is 5.92 Å². The van der Waals surface area contributed by atoms with Crippen LogP contribution in [0.4, 0.5) is 24.8 Å². The van der Waals surface area contributed by atoms with E-state index in [0.717, 1.165) is 6.42 Å². The lowest BCUT2D eigenvalue weighted by molar-refractivity contribution is -0.141. The van der Waals surface area contributed by atoms with Gasteiger partial charge in [0.05, 0.1) is 0 Å². The molecule has 1 heterocycles. The zero-order chi connectivity index (χ0) is 17.7. The molecule has 0 unspecified atom stereocenters. The Morgan fingerprint density at radius 3 is 2.62 bits per heavy atom. The van der Waals surface area contributed by atoms with E-state index in [0.29, 0.717) is 29.5 Å². The summed E-state index contributed by atoms with van der Waals surface area (Å²) < 4.78 is 39.8. The Labute approximate surface area is 144 Å². The highest BCUT2D eigenvalue weighted by Crippen LogP contribution is 2.32. The average molecular weight is 358 g/mol. The lowest BCUT2D eigenvalue weighted by atomic mass is 10.0. The molecule has 130 valence electrons. The van der Waals surface area contributed by atoms with Crippen molar-refractivity contribution in [1.82, 2.24) is 9.97 Å². The van der Waals surface area contributed by atoms with Crippen LogP contribution in [0.1, 0.15) is 37.9 Å². The molecule has 0 saturated carbocycles. The van der Waals surface area contributed by atoms with Crippen LogP contribution >= 0.6 is 11.6 Å². The van der Waals surface area contributed by atoms with Gasteiger partial charge in [0.2, 0.25) is 5.95 Å². The first-order valence-electron chi connectivity index (χ1n) is 7.71. The molecule has 1 aromatic carbocycles. The van der Waals surface area contributed by atoms with Crippen molar-refractivity contribution in [1.29, 1.82) is 0 Å². The topological polar surface area (TPSA) is 37.8 Å². The molecular formula is C17H19ClF3N3. The summed E-state index contributed by atoms with van der Waals surface area (Å²) in [5, 5.41) is 3.23. The molecule has 2 aromatic rings. The number of hydrogen-bond donors (Lipinski definition) is 1. The molecule has 0 bridgehead atoms. The molecule has 7 heteroatoms. The number of alkyl halides is 3. The van der Waals surface area contributed by atoms with Crippen LogP contribution in [-0.4, -0.2) is 9.97 Å². The second kappa shape index (κ2) is 7.83. The van der Waals surface area contributed by atoms with Crippen molar-refractivity contribution in [3.63, 3.8) is 0 Å². The zero-order valence-corrected chi connectivity index (χ0v) is 14.2. The van der Waals surface area contributed by atoms with Crippen LogP contribution in [0, 0.1) is 5.92 Å². The molecule has 0 fully saturated rings. The molecular weight excluding hydrogens is 339 g/mol. The van der Waals surface area contributed by atoms with Gasteiger partial charge in [0, 0.05) is 22.5 Å². The fourth-order valence-electron chi connectivity index (χ4n) is 2.29. The minimum absolute atomic E-state index is 0.0998. The second-order valence-electron chi connectivity index (χ2n) is 5.99. The maximum Gasteiger partial charge on any atom is 0.433 e. The molecule has 24 heavy (non-hydrogen) atoms. The molecule has 0 radical (unpaired) electrons. The van der Waals surface area contributed by atoms with Gasteiger partial charge in [0.15, 0.2) is 5.69 Å². The first-order valence-corrected chi connectivity index (χ1v) is 8.09. The third kappa shape index (κ3) is 5.37. The van der Waals surface area contributed by atoms with Gasteiger partial charge >= 0.3 is 6.18 Å². The number of aromatic nitrogens is 2. The second-order valence-corrected chi connectivity index (χ2v) is 6.42. The summed E-state index contributed by atoms with van der Waals surface area (Å²) in [6, 6.07) is 6.63. The van der Waals surface area contributed by atoms with E-state index in [-0.39, 0.29) is 11.5 Å². The van der Waals surface area contributed by atoms with Crippen molar-refractivity contribution < 1.29 is 13.2 Å². The van der Waals surface area contributed by atoms with Gasteiger partial charge in [-0.05, 0) is 37.0 Å². The predicted molar refractivity (Wildman–Crippen MR) is 89.5 cm³/mol. The first kappa shape index (κ1) is 18.5. The monoisotopic (exact) mass is 357 g/mol. The Balaban J connectivity index is 2.22. The summed E-state index contributed by atoms with van der Waals surface area (Å²) in [6.07, 6.45) is -1.42. The van der Waals surface area contributed by atoms with Crippen molar-refractivity contribution in [3.8, 4) is 0 Å². The average Bonchev–Trinajstić information content (AvgIpc) is 2.47. The van der Waals surface area contributed by atoms with E-state index in [4.69, 9.17) is 11.6 Å². The van der Waals surface area contributed by atoms with E-state index in [9.17, 15) is 13.2 Å². The number of anilines is 2. The van der Waals surface area contributed by atoms with Crippen molar-refractivity contribution in [2.45, 2.75) is 39.3 Å². The molecule has 0 saturated heterocycles. The number of nitrogens with one attached hydrogen (secondary N) is 1. The molecule has 1 aromatic heterocycles. The highest BCUT2D eigenvalue weighted by atomic mass is 35.5. The summed E-state index contributed by atoms with van der Waals surface area (Å²) >= 11 is 5.86. The number of rotatable bonds is 6. The fourth-order valence-corrected chi connectivity index (χ4v) is 2.48. The molecule has 0 spiro atoms. The van der Waals surface area contributed by atoms with Crippen LogP contribution in [0.5, 0.6) is 0 Å². The Morgan fingerprint density at radius 2 is 2.00 bits per heavy atom. The van der Waals surface area contributed by atoms with Crippen LogP contribution in [0.15, 0.2) is 30.5 Å². The molecule has 0 aliphatic rings. The standard InChI is InChI=1S/C17H19ClF3N3/c1-11(2)5-3-6-12-10-22-16(24-15(12)17(19,20)21)23-14-8-4-7-13(18)9-14/h4,7-11H,3,5-6H2,1-2H3,(H,22,23,24). The molecule has 2 rings (SSSR count). The maximum atomic E-state index is 13.3. The third-order valence-electron chi connectivity index (χ3n) is 3.44. The fraction of sp³-hybridized carbons (Fsp3) is 0.412. The summed E-state index contributed by atoms with van der Waals surface area (Å²) in [7, 11) is 0. The van der Waals surface area contributed by atoms with Gasteiger partial charge in [-0.1, -0.05) is 37.9 Å². The van der Waals surface area contributed by atoms with Crippen molar-refractivity contribution in [3.05, 3.63) is 46.7 Å². The highest BCUT2D eigenvalue weighted by molar-refractivity contribution is 6.30. The smallest absolute Gasteiger partial charge is 0.324 e. The number of aryl methyl sites for hydroxylation is 1. The Morgan fingerprint density at radius 1 is 1.25 bits per heavy atom. The quantitative estimate of drug-likeness (QED) is 0.702. The SMILES string of the molecule is CC(C)CCCc1cnc(Nc2cccc(Cl)c2)nc1C(F)(F)F. The van der Waals surface area contributed by atoms with E-state index < -0.39 is 11.9 Å². The largest absolute Gasteiger partial charge is 0.433 e. The van der Waals surface area contributed by atoms with Gasteiger partial charge in [-0.3, -0.25) is 0 Å². The van der Waals surface area contributed by atoms with Gasteiger partial charge in [-0.25, -0.2) is 9.97 Å². The maximum absolute atomic E-state index is 13.3. The van der Waals surface area contributed by atoms with Crippen molar-refractivity contribution in [2.75, 3.05) is 5.32 Å². The first-order chi connectivity index (χ1) is 11.3. The lowest BCUT2D eigenvalue weighted by Gasteiger charge is -2.14. The van der Waals surface area contributed by atoms with Crippen LogP contribution in [0.25, 0.3) is 0 Å². The summed E-state index contributed by atoms with van der Waals surface area (Å²) in [5.41, 5.74) is -0.228. The van der Waals surface area contributed by atoms with Gasteiger partial charge in [0.1, 0.15) is 0 Å². The zero-order valence-electron chi connectivity index (χ0n) is 13.5. The Hall–Kier alpha value is -1.82. The molecule has 0 aliphatic heterocycles. The van der Waals surface area contributed by atoms with E-state index in [2.05, 4.69) is 15.3 Å². The summed E-state index contributed by atoms with van der Waals surface area (Å²) in [5.74, 6) is 0.348. The summed E-state index contributed by atoms with van der Waals surface area (Å²) in [4.78, 5) is 7.69.